The van der Waals surface area contributed by atoms with Crippen LogP contribution in [-0.4, -0.2) is 36.3 Å². The molecule has 2 unspecified atom stereocenters. The Labute approximate surface area is 118 Å². The van der Waals surface area contributed by atoms with E-state index in [4.69, 9.17) is 5.26 Å². The van der Waals surface area contributed by atoms with Crippen LogP contribution >= 0.6 is 11.8 Å². The monoisotopic (exact) mass is 296 g/mol. The van der Waals surface area contributed by atoms with Crippen molar-refractivity contribution in [1.29, 1.82) is 5.26 Å². The van der Waals surface area contributed by atoms with Crippen molar-refractivity contribution in [1.82, 2.24) is 4.31 Å². The molecule has 1 aromatic rings. The highest BCUT2D eigenvalue weighted by Gasteiger charge is 2.34. The van der Waals surface area contributed by atoms with Crippen LogP contribution < -0.4 is 0 Å². The third-order valence-electron chi connectivity index (χ3n) is 3.42. The van der Waals surface area contributed by atoms with Crippen LogP contribution in [0.15, 0.2) is 29.2 Å². The van der Waals surface area contributed by atoms with E-state index in [0.717, 1.165) is 5.75 Å². The maximum Gasteiger partial charge on any atom is 0.243 e. The fraction of sp³-hybridized carbons (Fsp3) is 0.462. The summed E-state index contributed by atoms with van der Waals surface area (Å²) >= 11 is 1.80. The third-order valence-corrected chi connectivity index (χ3v) is 6.75. The third kappa shape index (κ3) is 2.78. The zero-order chi connectivity index (χ0) is 14.0. The van der Waals surface area contributed by atoms with E-state index in [0.29, 0.717) is 17.4 Å². The van der Waals surface area contributed by atoms with Crippen LogP contribution in [0, 0.1) is 11.3 Å². The lowest BCUT2D eigenvalue weighted by Crippen LogP contribution is -2.47. The Morgan fingerprint density at radius 2 is 1.95 bits per heavy atom. The fourth-order valence-electron chi connectivity index (χ4n) is 2.08. The molecule has 0 radical (unpaired) electrons. The molecule has 0 spiro atoms. The Balaban J connectivity index is 2.33. The average molecular weight is 296 g/mol. The van der Waals surface area contributed by atoms with Crippen molar-refractivity contribution in [2.45, 2.75) is 30.0 Å². The van der Waals surface area contributed by atoms with Gasteiger partial charge in [0.1, 0.15) is 0 Å². The highest BCUT2D eigenvalue weighted by Crippen LogP contribution is 2.29. The van der Waals surface area contributed by atoms with Gasteiger partial charge in [-0.3, -0.25) is 0 Å². The maximum absolute atomic E-state index is 12.6. The largest absolute Gasteiger partial charge is 0.243 e. The lowest BCUT2D eigenvalue weighted by Gasteiger charge is -2.36. The summed E-state index contributed by atoms with van der Waals surface area (Å²) in [6, 6.07) is 8.07. The van der Waals surface area contributed by atoms with E-state index in [1.807, 2.05) is 13.0 Å². The summed E-state index contributed by atoms with van der Waals surface area (Å²) in [7, 11) is -3.46. The average Bonchev–Trinajstić information content (AvgIpc) is 2.41. The Morgan fingerprint density at radius 1 is 1.32 bits per heavy atom. The summed E-state index contributed by atoms with van der Waals surface area (Å²) < 4.78 is 26.7. The summed E-state index contributed by atoms with van der Waals surface area (Å²) in [5.74, 6) is 0.820. The normalized spacial score (nSPS) is 24.9. The number of nitrogens with zero attached hydrogens (tertiary/aromatic N) is 2. The van der Waals surface area contributed by atoms with Crippen LogP contribution in [0.4, 0.5) is 0 Å². The van der Waals surface area contributed by atoms with Gasteiger partial charge in [-0.05, 0) is 31.2 Å². The Morgan fingerprint density at radius 3 is 2.53 bits per heavy atom. The van der Waals surface area contributed by atoms with E-state index >= 15 is 0 Å². The first-order valence-electron chi connectivity index (χ1n) is 6.10. The SMILES string of the molecule is CC1SCCN(S(=O)(=O)c2ccc(C#N)cc2)C1C. The van der Waals surface area contributed by atoms with Gasteiger partial charge in [-0.25, -0.2) is 8.42 Å². The van der Waals surface area contributed by atoms with Crippen molar-refractivity contribution in [3.63, 3.8) is 0 Å². The molecule has 6 heteroatoms. The minimum atomic E-state index is -3.46. The van der Waals surface area contributed by atoms with Crippen LogP contribution in [0.5, 0.6) is 0 Å². The molecule has 4 nitrogen and oxygen atoms in total. The van der Waals surface area contributed by atoms with E-state index in [1.165, 1.54) is 12.1 Å². The molecule has 1 aliphatic rings. The number of sulfonamides is 1. The van der Waals surface area contributed by atoms with Gasteiger partial charge in [-0.15, -0.1) is 0 Å². The molecule has 1 saturated heterocycles. The van der Waals surface area contributed by atoms with Gasteiger partial charge < -0.3 is 0 Å². The first kappa shape index (κ1) is 14.4. The molecule has 0 aliphatic carbocycles. The highest BCUT2D eigenvalue weighted by molar-refractivity contribution is 8.00. The fourth-order valence-corrected chi connectivity index (χ4v) is 5.08. The topological polar surface area (TPSA) is 61.2 Å². The predicted molar refractivity (Wildman–Crippen MR) is 76.4 cm³/mol. The Bertz CT molecular complexity index is 590. The van der Waals surface area contributed by atoms with Gasteiger partial charge in [-0.2, -0.15) is 21.3 Å². The van der Waals surface area contributed by atoms with Crippen LogP contribution in [-0.2, 0) is 10.0 Å². The molecular formula is C13H16N2O2S2. The molecule has 0 bridgehead atoms. The van der Waals surface area contributed by atoms with E-state index in [2.05, 4.69) is 6.92 Å². The molecule has 2 rings (SSSR count). The van der Waals surface area contributed by atoms with Gasteiger partial charge in [0.15, 0.2) is 0 Å². The molecule has 1 fully saturated rings. The van der Waals surface area contributed by atoms with Crippen molar-refractivity contribution in [2.75, 3.05) is 12.3 Å². The van der Waals surface area contributed by atoms with Crippen molar-refractivity contribution in [3.8, 4) is 6.07 Å². The second-order valence-corrected chi connectivity index (χ2v) is 7.94. The molecule has 1 aliphatic heterocycles. The summed E-state index contributed by atoms with van der Waals surface area (Å²) in [4.78, 5) is 0.262. The van der Waals surface area contributed by atoms with Crippen LogP contribution in [0.25, 0.3) is 0 Å². The predicted octanol–water partition coefficient (Wildman–Crippen LogP) is 2.07. The zero-order valence-corrected chi connectivity index (χ0v) is 12.5. The molecule has 1 heterocycles. The molecule has 102 valence electrons. The highest BCUT2D eigenvalue weighted by atomic mass is 32.2. The first-order chi connectivity index (χ1) is 8.96. The Kier molecular flexibility index (Phi) is 4.19. The number of benzene rings is 1. The number of nitriles is 1. The van der Waals surface area contributed by atoms with Gasteiger partial charge in [0.25, 0.3) is 0 Å². The molecule has 1 aromatic carbocycles. The van der Waals surface area contributed by atoms with Gasteiger partial charge in [0.2, 0.25) is 10.0 Å². The minimum Gasteiger partial charge on any atom is -0.207 e. The lowest BCUT2D eigenvalue weighted by atomic mass is 10.2. The summed E-state index contributed by atoms with van der Waals surface area (Å²) in [6.45, 7) is 4.53. The summed E-state index contributed by atoms with van der Waals surface area (Å²) in [6.07, 6.45) is 0. The summed E-state index contributed by atoms with van der Waals surface area (Å²) in [5.41, 5.74) is 0.467. The number of hydrogen-bond acceptors (Lipinski definition) is 4. The Hall–Kier alpha value is -1.03. The molecule has 19 heavy (non-hydrogen) atoms. The second-order valence-electron chi connectivity index (χ2n) is 4.57. The smallest absolute Gasteiger partial charge is 0.207 e. The quantitative estimate of drug-likeness (QED) is 0.838. The number of rotatable bonds is 2. The van der Waals surface area contributed by atoms with E-state index in [9.17, 15) is 8.42 Å². The molecule has 0 N–H and O–H groups in total. The van der Waals surface area contributed by atoms with Crippen LogP contribution in [0.3, 0.4) is 0 Å². The molecule has 0 amide bonds. The van der Waals surface area contributed by atoms with E-state index in [1.54, 1.807) is 28.2 Å². The van der Waals surface area contributed by atoms with Gasteiger partial charge in [-0.1, -0.05) is 6.92 Å². The van der Waals surface area contributed by atoms with Crippen molar-refractivity contribution in [2.24, 2.45) is 0 Å². The first-order valence-corrected chi connectivity index (χ1v) is 8.59. The van der Waals surface area contributed by atoms with Crippen molar-refractivity contribution >= 4 is 21.8 Å². The number of hydrogen-bond donors (Lipinski definition) is 0. The van der Waals surface area contributed by atoms with Crippen molar-refractivity contribution < 1.29 is 8.42 Å². The zero-order valence-electron chi connectivity index (χ0n) is 10.9. The van der Waals surface area contributed by atoms with Crippen LogP contribution in [0.1, 0.15) is 19.4 Å². The van der Waals surface area contributed by atoms with E-state index in [-0.39, 0.29) is 10.9 Å². The second kappa shape index (κ2) is 5.53. The molecule has 0 saturated carbocycles. The molecule has 2 atom stereocenters. The molecule has 0 aromatic heterocycles. The van der Waals surface area contributed by atoms with Gasteiger partial charge in [0.05, 0.1) is 16.5 Å². The maximum atomic E-state index is 12.6. The van der Waals surface area contributed by atoms with E-state index < -0.39 is 10.0 Å². The molecular weight excluding hydrogens is 280 g/mol. The standard InChI is InChI=1S/C13H16N2O2S2/c1-10-11(2)18-8-7-15(10)19(16,17)13-5-3-12(9-14)4-6-13/h3-6,10-11H,7-8H2,1-2H3. The van der Waals surface area contributed by atoms with Gasteiger partial charge in [0, 0.05) is 23.6 Å². The van der Waals surface area contributed by atoms with Crippen molar-refractivity contribution in [3.05, 3.63) is 29.8 Å². The minimum absolute atomic E-state index is 0.0145. The van der Waals surface area contributed by atoms with Crippen LogP contribution in [0.2, 0.25) is 0 Å². The lowest BCUT2D eigenvalue weighted by molar-refractivity contribution is 0.340. The number of thioether (sulfide) groups is 1. The summed E-state index contributed by atoms with van der Waals surface area (Å²) in [5, 5.41) is 9.04. The van der Waals surface area contributed by atoms with Gasteiger partial charge >= 0.3 is 0 Å².